The lowest BCUT2D eigenvalue weighted by molar-refractivity contribution is -0.140. The Morgan fingerprint density at radius 1 is 1.25 bits per heavy atom. The number of likely N-dealkylation sites (tertiary alicyclic amines) is 2. The van der Waals surface area contributed by atoms with Gasteiger partial charge in [0.05, 0.1) is 18.8 Å². The van der Waals surface area contributed by atoms with Crippen LogP contribution in [-0.4, -0.2) is 60.1 Å². The van der Waals surface area contributed by atoms with Gasteiger partial charge >= 0.3 is 0 Å². The van der Waals surface area contributed by atoms with E-state index in [1.165, 1.54) is 12.8 Å². The van der Waals surface area contributed by atoms with Crippen LogP contribution < -0.4 is 0 Å². The van der Waals surface area contributed by atoms with Crippen LogP contribution in [0.15, 0.2) is 24.4 Å². The number of hydrogen-bond donors (Lipinski definition) is 0. The number of ether oxygens (including phenoxy) is 1. The molecule has 1 aromatic heterocycles. The largest absolute Gasteiger partial charge is 0.380 e. The van der Waals surface area contributed by atoms with E-state index in [0.717, 1.165) is 51.5 Å². The van der Waals surface area contributed by atoms with Gasteiger partial charge in [-0.3, -0.25) is 9.78 Å². The number of amides is 1. The van der Waals surface area contributed by atoms with Crippen molar-refractivity contribution in [2.75, 3.05) is 39.4 Å². The molecule has 24 heavy (non-hydrogen) atoms. The van der Waals surface area contributed by atoms with E-state index in [-0.39, 0.29) is 5.91 Å². The topological polar surface area (TPSA) is 45.7 Å². The zero-order valence-corrected chi connectivity index (χ0v) is 14.7. The molecule has 2 aliphatic rings. The Balaban J connectivity index is 1.54. The molecule has 132 valence electrons. The molecule has 0 aromatic carbocycles. The second kappa shape index (κ2) is 8.08. The minimum atomic E-state index is 0.282. The zero-order chi connectivity index (χ0) is 16.8. The summed E-state index contributed by atoms with van der Waals surface area (Å²) in [6.07, 6.45) is 5.91. The molecule has 0 aliphatic carbocycles. The van der Waals surface area contributed by atoms with Gasteiger partial charge in [0.1, 0.15) is 0 Å². The number of carbonyl (C=O) groups is 1. The summed E-state index contributed by atoms with van der Waals surface area (Å²) in [5.74, 6) is 0.282. The number of aromatic nitrogens is 1. The molecule has 2 aliphatic heterocycles. The quantitative estimate of drug-likeness (QED) is 0.751. The molecule has 5 heteroatoms. The lowest BCUT2D eigenvalue weighted by Crippen LogP contribution is -2.51. The van der Waals surface area contributed by atoms with Crippen molar-refractivity contribution in [1.82, 2.24) is 14.8 Å². The van der Waals surface area contributed by atoms with E-state index in [2.05, 4.69) is 9.88 Å². The van der Waals surface area contributed by atoms with Crippen LogP contribution in [0.25, 0.3) is 0 Å². The second-order valence-corrected chi connectivity index (χ2v) is 7.11. The molecule has 1 amide bonds. The number of nitrogens with zero attached hydrogens (tertiary/aromatic N) is 3. The van der Waals surface area contributed by atoms with Crippen LogP contribution in [0.5, 0.6) is 0 Å². The summed E-state index contributed by atoms with van der Waals surface area (Å²) >= 11 is 0. The molecule has 0 bridgehead atoms. The average Bonchev–Trinajstić information content (AvgIpc) is 2.61. The van der Waals surface area contributed by atoms with Gasteiger partial charge in [0.15, 0.2) is 0 Å². The minimum absolute atomic E-state index is 0.282. The molecule has 3 rings (SSSR count). The highest BCUT2D eigenvalue weighted by Crippen LogP contribution is 2.40. The molecule has 1 spiro atoms. The van der Waals surface area contributed by atoms with Crippen molar-refractivity contribution in [1.29, 1.82) is 0 Å². The summed E-state index contributed by atoms with van der Waals surface area (Å²) in [5, 5.41) is 0. The Morgan fingerprint density at radius 3 is 2.79 bits per heavy atom. The predicted octanol–water partition coefficient (Wildman–Crippen LogP) is 2.32. The maximum absolute atomic E-state index is 12.3. The zero-order valence-electron chi connectivity index (χ0n) is 14.7. The molecule has 0 unspecified atom stereocenters. The number of piperidine rings is 2. The van der Waals surface area contributed by atoms with Crippen molar-refractivity contribution in [2.45, 2.75) is 39.2 Å². The van der Waals surface area contributed by atoms with Crippen LogP contribution in [0.1, 0.15) is 38.3 Å². The van der Waals surface area contributed by atoms with Crippen molar-refractivity contribution >= 4 is 5.91 Å². The van der Waals surface area contributed by atoms with Crippen molar-refractivity contribution in [3.8, 4) is 0 Å². The summed E-state index contributed by atoms with van der Waals surface area (Å²) < 4.78 is 5.47. The molecular weight excluding hydrogens is 302 g/mol. The normalized spacial score (nSPS) is 21.4. The predicted molar refractivity (Wildman–Crippen MR) is 93.5 cm³/mol. The van der Waals surface area contributed by atoms with Gasteiger partial charge in [-0.25, -0.2) is 0 Å². The van der Waals surface area contributed by atoms with E-state index in [4.69, 9.17) is 4.74 Å². The highest BCUT2D eigenvalue weighted by molar-refractivity contribution is 5.77. The first-order chi connectivity index (χ1) is 11.7. The molecule has 0 atom stereocenters. The van der Waals surface area contributed by atoms with Gasteiger partial charge < -0.3 is 14.5 Å². The second-order valence-electron chi connectivity index (χ2n) is 7.11. The van der Waals surface area contributed by atoms with E-state index in [9.17, 15) is 4.79 Å². The van der Waals surface area contributed by atoms with Crippen LogP contribution in [0.4, 0.5) is 0 Å². The van der Waals surface area contributed by atoms with Crippen molar-refractivity contribution in [3.63, 3.8) is 0 Å². The fourth-order valence-corrected chi connectivity index (χ4v) is 3.93. The van der Waals surface area contributed by atoms with Gasteiger partial charge in [-0.1, -0.05) is 6.07 Å². The van der Waals surface area contributed by atoms with Crippen LogP contribution in [0.2, 0.25) is 0 Å². The number of pyridine rings is 1. The summed E-state index contributed by atoms with van der Waals surface area (Å²) in [5.41, 5.74) is 1.29. The third kappa shape index (κ3) is 4.33. The maximum atomic E-state index is 12.3. The summed E-state index contributed by atoms with van der Waals surface area (Å²) in [4.78, 5) is 21.2. The number of carbonyl (C=O) groups excluding carboxylic acids is 1. The summed E-state index contributed by atoms with van der Waals surface area (Å²) in [6, 6.07) is 5.91. The monoisotopic (exact) mass is 331 g/mol. The third-order valence-electron chi connectivity index (χ3n) is 5.50. The van der Waals surface area contributed by atoms with E-state index >= 15 is 0 Å². The molecule has 2 saturated heterocycles. The summed E-state index contributed by atoms with van der Waals surface area (Å²) in [6.45, 7) is 8.48. The smallest absolute Gasteiger partial charge is 0.222 e. The van der Waals surface area contributed by atoms with Crippen molar-refractivity contribution < 1.29 is 9.53 Å². The first-order valence-electron chi connectivity index (χ1n) is 9.19. The Labute approximate surface area is 145 Å². The molecule has 5 nitrogen and oxygen atoms in total. The SMILES string of the molecule is CCOCCN1CCC2(CCC(=O)N(Cc3ccccn3)C2)CC1. The first-order valence-corrected chi connectivity index (χ1v) is 9.19. The van der Waals surface area contributed by atoms with Gasteiger partial charge in [-0.2, -0.15) is 0 Å². The minimum Gasteiger partial charge on any atom is -0.380 e. The summed E-state index contributed by atoms with van der Waals surface area (Å²) in [7, 11) is 0. The standard InChI is InChI=1S/C19H29N3O2/c1-2-24-14-13-21-11-8-19(9-12-21)7-6-18(23)22(16-19)15-17-5-3-4-10-20-17/h3-5,10H,2,6-9,11-16H2,1H3. The van der Waals surface area contributed by atoms with E-state index < -0.39 is 0 Å². The fraction of sp³-hybridized carbons (Fsp3) is 0.684. The molecular formula is C19H29N3O2. The highest BCUT2D eigenvalue weighted by Gasteiger charge is 2.40. The number of hydrogen-bond acceptors (Lipinski definition) is 4. The van der Waals surface area contributed by atoms with Crippen molar-refractivity contribution in [3.05, 3.63) is 30.1 Å². The van der Waals surface area contributed by atoms with Gasteiger partial charge in [0.25, 0.3) is 0 Å². The highest BCUT2D eigenvalue weighted by atomic mass is 16.5. The number of rotatable bonds is 6. The maximum Gasteiger partial charge on any atom is 0.222 e. The first kappa shape index (κ1) is 17.4. The fourth-order valence-electron chi connectivity index (χ4n) is 3.93. The lowest BCUT2D eigenvalue weighted by atomic mass is 9.72. The Bertz CT molecular complexity index is 527. The Morgan fingerprint density at radius 2 is 2.08 bits per heavy atom. The Hall–Kier alpha value is -1.46. The lowest BCUT2D eigenvalue weighted by Gasteiger charge is -2.47. The van der Waals surface area contributed by atoms with Crippen LogP contribution >= 0.6 is 0 Å². The van der Waals surface area contributed by atoms with E-state index in [1.807, 2.05) is 30.0 Å². The van der Waals surface area contributed by atoms with Crippen LogP contribution in [0, 0.1) is 5.41 Å². The molecule has 0 N–H and O–H groups in total. The Kier molecular flexibility index (Phi) is 5.85. The molecule has 0 radical (unpaired) electrons. The van der Waals surface area contributed by atoms with E-state index in [1.54, 1.807) is 6.20 Å². The van der Waals surface area contributed by atoms with Gasteiger partial charge in [0, 0.05) is 32.3 Å². The van der Waals surface area contributed by atoms with Gasteiger partial charge in [-0.15, -0.1) is 0 Å². The molecule has 0 saturated carbocycles. The molecule has 2 fully saturated rings. The van der Waals surface area contributed by atoms with Crippen LogP contribution in [0.3, 0.4) is 0 Å². The molecule has 3 heterocycles. The van der Waals surface area contributed by atoms with Gasteiger partial charge in [0.2, 0.25) is 5.91 Å². The average molecular weight is 331 g/mol. The molecule has 1 aromatic rings. The van der Waals surface area contributed by atoms with Gasteiger partial charge in [-0.05, 0) is 56.8 Å². The van der Waals surface area contributed by atoms with Crippen LogP contribution in [-0.2, 0) is 16.1 Å². The van der Waals surface area contributed by atoms with Crippen molar-refractivity contribution in [2.24, 2.45) is 5.41 Å². The van der Waals surface area contributed by atoms with E-state index in [0.29, 0.717) is 18.4 Å². The third-order valence-corrected chi connectivity index (χ3v) is 5.50.